The SMILES string of the molecule is CNC1=CC(=O)CCC1OC(=O)c1ccccc1. The van der Waals surface area contributed by atoms with Gasteiger partial charge in [0.05, 0.1) is 11.3 Å². The van der Waals surface area contributed by atoms with Crippen molar-refractivity contribution in [1.82, 2.24) is 5.32 Å². The van der Waals surface area contributed by atoms with Gasteiger partial charge in [-0.15, -0.1) is 0 Å². The summed E-state index contributed by atoms with van der Waals surface area (Å²) >= 11 is 0. The fourth-order valence-corrected chi connectivity index (χ4v) is 1.89. The molecule has 0 saturated carbocycles. The summed E-state index contributed by atoms with van der Waals surface area (Å²) in [7, 11) is 1.72. The van der Waals surface area contributed by atoms with Crippen molar-refractivity contribution in [1.29, 1.82) is 0 Å². The van der Waals surface area contributed by atoms with Gasteiger partial charge in [0.25, 0.3) is 0 Å². The molecule has 0 aliphatic heterocycles. The minimum atomic E-state index is -0.365. The van der Waals surface area contributed by atoms with Crippen molar-refractivity contribution in [3.05, 3.63) is 47.7 Å². The first-order valence-electron chi connectivity index (χ1n) is 5.89. The molecule has 1 aromatic carbocycles. The molecule has 0 spiro atoms. The van der Waals surface area contributed by atoms with E-state index in [4.69, 9.17) is 4.74 Å². The van der Waals surface area contributed by atoms with E-state index in [0.29, 0.717) is 24.1 Å². The van der Waals surface area contributed by atoms with Crippen LogP contribution >= 0.6 is 0 Å². The van der Waals surface area contributed by atoms with Crippen LogP contribution < -0.4 is 5.32 Å². The Bertz CT molecular complexity index is 479. The molecule has 18 heavy (non-hydrogen) atoms. The summed E-state index contributed by atoms with van der Waals surface area (Å²) in [6, 6.07) is 8.83. The molecule has 2 rings (SSSR count). The molecule has 1 N–H and O–H groups in total. The molecule has 0 saturated heterocycles. The first-order valence-corrected chi connectivity index (χ1v) is 5.89. The highest BCUT2D eigenvalue weighted by Gasteiger charge is 2.24. The molecule has 1 aliphatic rings. The molecular formula is C14H15NO3. The Morgan fingerprint density at radius 1 is 1.33 bits per heavy atom. The molecular weight excluding hydrogens is 230 g/mol. The molecule has 1 aliphatic carbocycles. The van der Waals surface area contributed by atoms with Gasteiger partial charge in [0.2, 0.25) is 0 Å². The number of allylic oxidation sites excluding steroid dienone is 1. The number of rotatable bonds is 3. The van der Waals surface area contributed by atoms with Gasteiger partial charge >= 0.3 is 5.97 Å². The maximum absolute atomic E-state index is 11.9. The van der Waals surface area contributed by atoms with E-state index in [1.807, 2.05) is 6.07 Å². The largest absolute Gasteiger partial charge is 0.452 e. The zero-order valence-corrected chi connectivity index (χ0v) is 10.2. The van der Waals surface area contributed by atoms with E-state index in [9.17, 15) is 9.59 Å². The van der Waals surface area contributed by atoms with Crippen molar-refractivity contribution in [2.45, 2.75) is 18.9 Å². The topological polar surface area (TPSA) is 55.4 Å². The number of carbonyl (C=O) groups excluding carboxylic acids is 2. The number of ether oxygens (including phenoxy) is 1. The van der Waals surface area contributed by atoms with Crippen LogP contribution in [0.1, 0.15) is 23.2 Å². The molecule has 4 heteroatoms. The van der Waals surface area contributed by atoms with E-state index in [1.165, 1.54) is 6.08 Å². The Morgan fingerprint density at radius 3 is 2.72 bits per heavy atom. The second-order valence-electron chi connectivity index (χ2n) is 4.11. The Morgan fingerprint density at radius 2 is 2.06 bits per heavy atom. The monoisotopic (exact) mass is 245 g/mol. The minimum Gasteiger partial charge on any atom is -0.452 e. The van der Waals surface area contributed by atoms with Crippen molar-refractivity contribution in [3.8, 4) is 0 Å². The van der Waals surface area contributed by atoms with Gasteiger partial charge in [0.15, 0.2) is 5.78 Å². The standard InChI is InChI=1S/C14H15NO3/c1-15-12-9-11(16)7-8-13(12)18-14(17)10-5-3-2-4-6-10/h2-6,9,13,15H,7-8H2,1H3. The summed E-state index contributed by atoms with van der Waals surface area (Å²) in [5.41, 5.74) is 1.18. The molecule has 94 valence electrons. The Hall–Kier alpha value is -2.10. The minimum absolute atomic E-state index is 0.0614. The van der Waals surface area contributed by atoms with Crippen LogP contribution in [-0.4, -0.2) is 24.9 Å². The van der Waals surface area contributed by atoms with Crippen LogP contribution in [0.4, 0.5) is 0 Å². The third-order valence-electron chi connectivity index (χ3n) is 2.86. The number of hydrogen-bond acceptors (Lipinski definition) is 4. The Balaban J connectivity index is 2.08. The molecule has 0 radical (unpaired) electrons. The van der Waals surface area contributed by atoms with Gasteiger partial charge in [0, 0.05) is 19.5 Å². The highest BCUT2D eigenvalue weighted by atomic mass is 16.5. The molecule has 0 aromatic heterocycles. The van der Waals surface area contributed by atoms with E-state index < -0.39 is 0 Å². The fourth-order valence-electron chi connectivity index (χ4n) is 1.89. The molecule has 0 fully saturated rings. The van der Waals surface area contributed by atoms with Crippen molar-refractivity contribution < 1.29 is 14.3 Å². The van der Waals surface area contributed by atoms with Gasteiger partial charge in [-0.1, -0.05) is 18.2 Å². The normalized spacial score (nSPS) is 19.1. The lowest BCUT2D eigenvalue weighted by atomic mass is 10.0. The van der Waals surface area contributed by atoms with Crippen molar-refractivity contribution in [2.75, 3.05) is 7.05 Å². The third kappa shape index (κ3) is 2.77. The molecule has 1 unspecified atom stereocenters. The van der Waals surface area contributed by atoms with Crippen molar-refractivity contribution in [3.63, 3.8) is 0 Å². The highest BCUT2D eigenvalue weighted by molar-refractivity contribution is 5.92. The first kappa shape index (κ1) is 12.4. The summed E-state index contributed by atoms with van der Waals surface area (Å²) in [6.45, 7) is 0. The molecule has 0 amide bonds. The summed E-state index contributed by atoms with van der Waals surface area (Å²) in [5, 5.41) is 2.90. The molecule has 4 nitrogen and oxygen atoms in total. The quantitative estimate of drug-likeness (QED) is 0.823. The van der Waals surface area contributed by atoms with Crippen LogP contribution in [0.2, 0.25) is 0 Å². The fraction of sp³-hybridized carbons (Fsp3) is 0.286. The Kier molecular flexibility index (Phi) is 3.77. The first-order chi connectivity index (χ1) is 8.70. The van der Waals surface area contributed by atoms with Crippen LogP contribution in [0.25, 0.3) is 0 Å². The third-order valence-corrected chi connectivity index (χ3v) is 2.86. The maximum Gasteiger partial charge on any atom is 0.338 e. The number of likely N-dealkylation sites (N-methyl/N-ethyl adjacent to an activating group) is 1. The highest BCUT2D eigenvalue weighted by Crippen LogP contribution is 2.18. The van der Waals surface area contributed by atoms with E-state index in [2.05, 4.69) is 5.32 Å². The van der Waals surface area contributed by atoms with Gasteiger partial charge in [0.1, 0.15) is 6.10 Å². The van der Waals surface area contributed by atoms with Crippen LogP contribution in [0.3, 0.4) is 0 Å². The average Bonchev–Trinajstić information content (AvgIpc) is 2.41. The van der Waals surface area contributed by atoms with Crippen LogP contribution in [-0.2, 0) is 9.53 Å². The smallest absolute Gasteiger partial charge is 0.338 e. The number of carbonyl (C=O) groups is 2. The maximum atomic E-state index is 11.9. The van der Waals surface area contributed by atoms with Gasteiger partial charge in [-0.2, -0.15) is 0 Å². The van der Waals surface area contributed by atoms with E-state index in [-0.39, 0.29) is 17.9 Å². The van der Waals surface area contributed by atoms with Crippen molar-refractivity contribution >= 4 is 11.8 Å². The van der Waals surface area contributed by atoms with Crippen LogP contribution in [0.5, 0.6) is 0 Å². The number of nitrogens with one attached hydrogen (secondary N) is 1. The van der Waals surface area contributed by atoms with Gasteiger partial charge in [-0.25, -0.2) is 4.79 Å². The Labute approximate surface area is 106 Å². The zero-order valence-electron chi connectivity index (χ0n) is 10.2. The number of esters is 1. The zero-order chi connectivity index (χ0) is 13.0. The van der Waals surface area contributed by atoms with E-state index in [0.717, 1.165) is 0 Å². The molecule has 0 bridgehead atoms. The molecule has 1 atom stereocenters. The summed E-state index contributed by atoms with van der Waals surface area (Å²) in [6.07, 6.45) is 2.09. The van der Waals surface area contributed by atoms with E-state index >= 15 is 0 Å². The predicted molar refractivity (Wildman–Crippen MR) is 67.0 cm³/mol. The van der Waals surface area contributed by atoms with Gasteiger partial charge in [-0.05, 0) is 18.6 Å². The van der Waals surface area contributed by atoms with Gasteiger partial charge < -0.3 is 10.1 Å². The lowest BCUT2D eigenvalue weighted by molar-refractivity contribution is -0.115. The summed E-state index contributed by atoms with van der Waals surface area (Å²) < 4.78 is 5.41. The average molecular weight is 245 g/mol. The number of hydrogen-bond donors (Lipinski definition) is 1. The second-order valence-corrected chi connectivity index (χ2v) is 4.11. The lowest BCUT2D eigenvalue weighted by Gasteiger charge is -2.23. The lowest BCUT2D eigenvalue weighted by Crippen LogP contribution is -2.31. The summed E-state index contributed by atoms with van der Waals surface area (Å²) in [4.78, 5) is 23.2. The van der Waals surface area contributed by atoms with Crippen molar-refractivity contribution in [2.24, 2.45) is 0 Å². The number of benzene rings is 1. The van der Waals surface area contributed by atoms with Gasteiger partial charge in [-0.3, -0.25) is 4.79 Å². The predicted octanol–water partition coefficient (Wildman–Crippen LogP) is 1.68. The number of ketones is 1. The molecule has 0 heterocycles. The summed E-state index contributed by atoms with van der Waals surface area (Å²) in [5.74, 6) is -0.303. The van der Waals surface area contributed by atoms with Crippen LogP contribution in [0.15, 0.2) is 42.1 Å². The second kappa shape index (κ2) is 5.49. The molecule has 1 aromatic rings. The van der Waals surface area contributed by atoms with E-state index in [1.54, 1.807) is 31.3 Å². The van der Waals surface area contributed by atoms with Crippen LogP contribution in [0, 0.1) is 0 Å².